The first-order chi connectivity index (χ1) is 7.19. The summed E-state index contributed by atoms with van der Waals surface area (Å²) in [6.07, 6.45) is 2.13. The summed E-state index contributed by atoms with van der Waals surface area (Å²) in [4.78, 5) is 18.4. The average Bonchev–Trinajstić information content (AvgIpc) is 2.58. The molecule has 0 saturated carbocycles. The summed E-state index contributed by atoms with van der Waals surface area (Å²) in [7, 11) is 0. The number of aryl methyl sites for hydroxylation is 2. The molecule has 1 amide bonds. The quantitative estimate of drug-likeness (QED) is 0.785. The number of carbonyl (C=O) groups is 1. The van der Waals surface area contributed by atoms with Crippen LogP contribution in [0.15, 0.2) is 6.07 Å². The number of rotatable bonds is 5. The molecule has 0 aliphatic rings. The highest BCUT2D eigenvalue weighted by molar-refractivity contribution is 7.14. The van der Waals surface area contributed by atoms with E-state index in [-0.39, 0.29) is 5.91 Å². The Bertz CT molecular complexity index is 333. The molecule has 0 unspecified atom stereocenters. The van der Waals surface area contributed by atoms with Gasteiger partial charge < -0.3 is 0 Å². The summed E-state index contributed by atoms with van der Waals surface area (Å²) in [6, 6.07) is 1.96. The van der Waals surface area contributed by atoms with E-state index in [1.165, 1.54) is 21.8 Å². The Morgan fingerprint density at radius 1 is 1.53 bits per heavy atom. The fourth-order valence-electron chi connectivity index (χ4n) is 1.34. The molecular weight excluding hydrogens is 210 g/mol. The van der Waals surface area contributed by atoms with Crippen LogP contribution in [0.4, 0.5) is 0 Å². The Balaban J connectivity index is 2.69. The van der Waals surface area contributed by atoms with Gasteiger partial charge in [0.2, 0.25) is 0 Å². The first-order valence-corrected chi connectivity index (χ1v) is 6.02. The van der Waals surface area contributed by atoms with Gasteiger partial charge >= 0.3 is 0 Å². The summed E-state index contributed by atoms with van der Waals surface area (Å²) >= 11 is 1.52. The van der Waals surface area contributed by atoms with Gasteiger partial charge in [-0.25, -0.2) is 5.48 Å². The molecule has 0 aliphatic carbocycles. The van der Waals surface area contributed by atoms with Gasteiger partial charge in [0.1, 0.15) is 0 Å². The number of hydrogen-bond donors (Lipinski definition) is 1. The molecule has 84 valence electrons. The maximum Gasteiger partial charge on any atom is 0.284 e. The minimum Gasteiger partial charge on any atom is -0.274 e. The Labute approximate surface area is 94.4 Å². The summed E-state index contributed by atoms with van der Waals surface area (Å²) in [5, 5.41) is 0. The molecule has 1 heterocycles. The molecule has 3 nitrogen and oxygen atoms in total. The Hall–Kier alpha value is -0.870. The first kappa shape index (κ1) is 12.2. The zero-order valence-electron chi connectivity index (χ0n) is 9.42. The summed E-state index contributed by atoms with van der Waals surface area (Å²) in [6.45, 7) is 6.50. The van der Waals surface area contributed by atoms with Gasteiger partial charge in [-0.2, -0.15) is 0 Å². The molecule has 0 atom stereocenters. The minimum atomic E-state index is -0.146. The van der Waals surface area contributed by atoms with Crippen molar-refractivity contribution in [3.05, 3.63) is 21.4 Å². The van der Waals surface area contributed by atoms with Crippen LogP contribution in [-0.2, 0) is 11.3 Å². The van der Waals surface area contributed by atoms with Gasteiger partial charge in [-0.3, -0.25) is 9.63 Å². The zero-order chi connectivity index (χ0) is 11.3. The lowest BCUT2D eigenvalue weighted by molar-refractivity contribution is 0.0368. The van der Waals surface area contributed by atoms with Gasteiger partial charge in [-0.1, -0.05) is 13.3 Å². The average molecular weight is 227 g/mol. The lowest BCUT2D eigenvalue weighted by atomic mass is 10.1. The van der Waals surface area contributed by atoms with Crippen LogP contribution in [0.25, 0.3) is 0 Å². The van der Waals surface area contributed by atoms with E-state index in [4.69, 9.17) is 4.84 Å². The van der Waals surface area contributed by atoms with Crippen LogP contribution in [0, 0.1) is 6.92 Å². The lowest BCUT2D eigenvalue weighted by Gasteiger charge is -1.99. The third-order valence-electron chi connectivity index (χ3n) is 2.07. The number of amides is 1. The number of hydrogen-bond acceptors (Lipinski definition) is 3. The molecule has 0 spiro atoms. The van der Waals surface area contributed by atoms with Crippen LogP contribution in [0.1, 0.15) is 40.4 Å². The molecule has 0 saturated heterocycles. The Kier molecular flexibility index (Phi) is 4.78. The van der Waals surface area contributed by atoms with E-state index in [9.17, 15) is 4.79 Å². The van der Waals surface area contributed by atoms with Crippen LogP contribution in [0.3, 0.4) is 0 Å². The second-order valence-electron chi connectivity index (χ2n) is 3.31. The predicted molar refractivity (Wildman–Crippen MR) is 62.1 cm³/mol. The molecule has 0 fully saturated rings. The van der Waals surface area contributed by atoms with Crippen molar-refractivity contribution in [1.82, 2.24) is 5.48 Å². The summed E-state index contributed by atoms with van der Waals surface area (Å²) < 4.78 is 0. The van der Waals surface area contributed by atoms with E-state index >= 15 is 0 Å². The minimum absolute atomic E-state index is 0.146. The fraction of sp³-hybridized carbons (Fsp3) is 0.545. The zero-order valence-corrected chi connectivity index (χ0v) is 10.2. The Morgan fingerprint density at radius 2 is 2.27 bits per heavy atom. The summed E-state index contributed by atoms with van der Waals surface area (Å²) in [5.74, 6) is -0.146. The lowest BCUT2D eigenvalue weighted by Crippen LogP contribution is -2.22. The van der Waals surface area contributed by atoms with Gasteiger partial charge in [0.15, 0.2) is 0 Å². The van der Waals surface area contributed by atoms with Gasteiger partial charge in [-0.05, 0) is 31.9 Å². The third-order valence-corrected chi connectivity index (χ3v) is 3.16. The van der Waals surface area contributed by atoms with Gasteiger partial charge in [0, 0.05) is 4.88 Å². The van der Waals surface area contributed by atoms with Crippen molar-refractivity contribution in [1.29, 1.82) is 0 Å². The summed E-state index contributed by atoms with van der Waals surface area (Å²) in [5.41, 5.74) is 3.67. The number of hydroxylamine groups is 1. The number of nitrogens with one attached hydrogen (secondary N) is 1. The van der Waals surface area contributed by atoms with Crippen molar-refractivity contribution in [3.63, 3.8) is 0 Å². The largest absolute Gasteiger partial charge is 0.284 e. The molecule has 1 aromatic heterocycles. The van der Waals surface area contributed by atoms with Crippen LogP contribution in [0.2, 0.25) is 0 Å². The highest BCUT2D eigenvalue weighted by Gasteiger charge is 2.11. The first-order valence-electron chi connectivity index (χ1n) is 5.20. The van der Waals surface area contributed by atoms with Crippen LogP contribution in [0.5, 0.6) is 0 Å². The molecule has 4 heteroatoms. The van der Waals surface area contributed by atoms with E-state index in [2.05, 4.69) is 12.4 Å². The molecule has 1 aromatic rings. The molecule has 0 aliphatic heterocycles. The highest BCUT2D eigenvalue weighted by Crippen LogP contribution is 2.22. The predicted octanol–water partition coefficient (Wildman–Crippen LogP) is 2.69. The van der Waals surface area contributed by atoms with E-state index < -0.39 is 0 Å². The van der Waals surface area contributed by atoms with Gasteiger partial charge in [0.05, 0.1) is 11.5 Å². The van der Waals surface area contributed by atoms with E-state index in [1.54, 1.807) is 0 Å². The molecule has 15 heavy (non-hydrogen) atoms. The molecule has 0 radical (unpaired) electrons. The normalized spacial score (nSPS) is 10.3. The van der Waals surface area contributed by atoms with Crippen LogP contribution in [-0.4, -0.2) is 12.5 Å². The van der Waals surface area contributed by atoms with Gasteiger partial charge in [0.25, 0.3) is 5.91 Å². The molecule has 0 aromatic carbocycles. The van der Waals surface area contributed by atoms with Crippen LogP contribution >= 0.6 is 11.3 Å². The van der Waals surface area contributed by atoms with Crippen molar-refractivity contribution in [2.45, 2.75) is 33.6 Å². The second kappa shape index (κ2) is 5.88. The topological polar surface area (TPSA) is 38.3 Å². The van der Waals surface area contributed by atoms with E-state index in [0.29, 0.717) is 6.61 Å². The standard InChI is InChI=1S/C11H17NO2S/c1-4-6-9-7-10(15-8(9)3)11(13)12-14-5-2/h7H,4-6H2,1-3H3,(H,12,13). The third kappa shape index (κ3) is 3.32. The van der Waals surface area contributed by atoms with Crippen molar-refractivity contribution >= 4 is 17.2 Å². The van der Waals surface area contributed by atoms with Crippen molar-refractivity contribution in [2.24, 2.45) is 0 Å². The maximum absolute atomic E-state index is 11.5. The van der Waals surface area contributed by atoms with Gasteiger partial charge in [-0.15, -0.1) is 11.3 Å². The second-order valence-corrected chi connectivity index (χ2v) is 4.56. The van der Waals surface area contributed by atoms with Crippen molar-refractivity contribution < 1.29 is 9.63 Å². The molecular formula is C11H17NO2S. The highest BCUT2D eigenvalue weighted by atomic mass is 32.1. The number of carbonyl (C=O) groups excluding carboxylic acids is 1. The monoisotopic (exact) mass is 227 g/mol. The molecule has 1 rings (SSSR count). The van der Waals surface area contributed by atoms with E-state index in [0.717, 1.165) is 17.7 Å². The maximum atomic E-state index is 11.5. The van der Waals surface area contributed by atoms with Crippen LogP contribution < -0.4 is 5.48 Å². The smallest absolute Gasteiger partial charge is 0.274 e. The number of thiophene rings is 1. The molecule has 1 N–H and O–H groups in total. The van der Waals surface area contributed by atoms with Crippen molar-refractivity contribution in [3.8, 4) is 0 Å². The SMILES string of the molecule is CCCc1cc(C(=O)NOCC)sc1C. The Morgan fingerprint density at radius 3 is 2.87 bits per heavy atom. The molecule has 0 bridgehead atoms. The van der Waals surface area contributed by atoms with Crippen molar-refractivity contribution in [2.75, 3.05) is 6.61 Å². The van der Waals surface area contributed by atoms with E-state index in [1.807, 2.05) is 19.9 Å². The fourth-order valence-corrected chi connectivity index (χ4v) is 2.29.